The van der Waals surface area contributed by atoms with Gasteiger partial charge in [0.25, 0.3) is 0 Å². The topological polar surface area (TPSA) is 27.0 Å². The molecule has 1 aliphatic heterocycles. The van der Waals surface area contributed by atoms with Gasteiger partial charge in [0.15, 0.2) is 0 Å². The number of hydrogen-bond acceptors (Lipinski definition) is 2. The largest absolute Gasteiger partial charge is 0.416 e. The van der Waals surface area contributed by atoms with Crippen LogP contribution < -0.4 is 0 Å². The van der Waals surface area contributed by atoms with Gasteiger partial charge in [0.2, 0.25) is 0 Å². The van der Waals surface area contributed by atoms with Gasteiger partial charge in [-0.25, -0.2) is 0 Å². The van der Waals surface area contributed by atoms with Gasteiger partial charge in [0.05, 0.1) is 22.1 Å². The number of nitriles is 1. The van der Waals surface area contributed by atoms with E-state index >= 15 is 0 Å². The summed E-state index contributed by atoms with van der Waals surface area (Å²) in [5, 5.41) is 8.98. The monoisotopic (exact) mass is 490 g/mol. The minimum Gasteiger partial charge on any atom is -0.295 e. The summed E-state index contributed by atoms with van der Waals surface area (Å²) >= 11 is 5.96. The molecular formula is C20H16ClF9N2. The highest BCUT2D eigenvalue weighted by Gasteiger charge is 2.62. The first-order valence-electron chi connectivity index (χ1n) is 9.44. The Bertz CT molecular complexity index is 931. The quantitative estimate of drug-likeness (QED) is 0.409. The first-order valence-corrected chi connectivity index (χ1v) is 9.82. The van der Waals surface area contributed by atoms with Gasteiger partial charge in [-0.1, -0.05) is 35.4 Å². The van der Waals surface area contributed by atoms with Gasteiger partial charge in [0.1, 0.15) is 11.5 Å². The van der Waals surface area contributed by atoms with Crippen LogP contribution in [0.15, 0.2) is 46.1 Å². The molecule has 0 amide bonds. The lowest BCUT2D eigenvalue weighted by Gasteiger charge is -2.39. The summed E-state index contributed by atoms with van der Waals surface area (Å²) in [7, 11) is 0. The molecule has 1 heterocycles. The average Bonchev–Trinajstić information content (AvgIpc) is 3.13. The number of allylic oxidation sites excluding steroid dienone is 5. The second-order valence-electron chi connectivity index (χ2n) is 7.99. The van der Waals surface area contributed by atoms with Crippen molar-refractivity contribution in [1.29, 1.82) is 5.26 Å². The van der Waals surface area contributed by atoms with E-state index in [4.69, 9.17) is 16.9 Å². The molecule has 0 radical (unpaired) electrons. The maximum atomic E-state index is 14.2. The van der Waals surface area contributed by atoms with Crippen molar-refractivity contribution < 1.29 is 39.5 Å². The molecule has 2 nitrogen and oxygen atoms in total. The predicted octanol–water partition coefficient (Wildman–Crippen LogP) is 6.58. The van der Waals surface area contributed by atoms with Gasteiger partial charge in [-0.2, -0.15) is 44.8 Å². The molecule has 0 bridgehead atoms. The van der Waals surface area contributed by atoms with Gasteiger partial charge in [-0.15, -0.1) is 0 Å². The molecular weight excluding hydrogens is 475 g/mol. The average molecular weight is 491 g/mol. The molecule has 0 aromatic rings. The second kappa shape index (κ2) is 8.13. The van der Waals surface area contributed by atoms with Crippen LogP contribution in [0.3, 0.4) is 0 Å². The minimum absolute atomic E-state index is 0.0320. The Balaban J connectivity index is 1.99. The number of likely N-dealkylation sites (tertiary alicyclic amines) is 1. The molecule has 1 fully saturated rings. The van der Waals surface area contributed by atoms with Crippen LogP contribution in [0.2, 0.25) is 0 Å². The Hall–Kier alpha value is -1.93. The highest BCUT2D eigenvalue weighted by molar-refractivity contribution is 6.32. The van der Waals surface area contributed by atoms with Gasteiger partial charge in [0, 0.05) is 12.6 Å². The number of hydrogen-bond donors (Lipinski definition) is 0. The molecule has 0 aromatic carbocycles. The number of nitrogens with zero attached hydrogens (tertiary/aromatic N) is 2. The lowest BCUT2D eigenvalue weighted by Crippen LogP contribution is -2.45. The normalized spacial score (nSPS) is 30.3. The van der Waals surface area contributed by atoms with E-state index in [9.17, 15) is 39.5 Å². The zero-order chi connectivity index (χ0) is 24.1. The van der Waals surface area contributed by atoms with E-state index in [1.165, 1.54) is 17.1 Å². The number of alkyl halides is 9. The van der Waals surface area contributed by atoms with E-state index < -0.39 is 66.4 Å². The molecule has 2 aliphatic carbocycles. The summed E-state index contributed by atoms with van der Waals surface area (Å²) in [5.74, 6) is -2.67. The highest BCUT2D eigenvalue weighted by Crippen LogP contribution is 2.56. The van der Waals surface area contributed by atoms with Crippen molar-refractivity contribution in [2.45, 2.75) is 43.8 Å². The van der Waals surface area contributed by atoms with E-state index in [-0.39, 0.29) is 35.7 Å². The smallest absolute Gasteiger partial charge is 0.295 e. The van der Waals surface area contributed by atoms with E-state index in [2.05, 4.69) is 0 Å². The van der Waals surface area contributed by atoms with Crippen LogP contribution in [0.25, 0.3) is 0 Å². The third kappa shape index (κ3) is 4.57. The summed E-state index contributed by atoms with van der Waals surface area (Å²) in [6.07, 6.45) is -14.2. The Labute approximate surface area is 182 Å². The SMILES string of the molecule is N#CC1=CCC(N2CCC(C3=CC(C(F)(F)F)=CC(C(F)(F)F)C3)(C(F)(F)F)C2)C=C1Cl. The van der Waals surface area contributed by atoms with Crippen molar-refractivity contribution in [3.63, 3.8) is 0 Å². The fourth-order valence-electron chi connectivity index (χ4n) is 4.34. The predicted molar refractivity (Wildman–Crippen MR) is 97.1 cm³/mol. The number of halogens is 10. The molecule has 0 saturated carbocycles. The first kappa shape index (κ1) is 24.7. The Morgan fingerprint density at radius 3 is 2.22 bits per heavy atom. The molecule has 0 spiro atoms. The highest BCUT2D eigenvalue weighted by atomic mass is 35.5. The fourth-order valence-corrected chi connectivity index (χ4v) is 4.61. The minimum atomic E-state index is -5.22. The molecule has 0 N–H and O–H groups in total. The third-order valence-corrected chi connectivity index (χ3v) is 6.43. The summed E-state index contributed by atoms with van der Waals surface area (Å²) in [6.45, 7) is -1.02. The van der Waals surface area contributed by atoms with Gasteiger partial charge in [-0.05, 0) is 31.9 Å². The van der Waals surface area contributed by atoms with Crippen molar-refractivity contribution >= 4 is 11.6 Å². The summed E-state index contributed by atoms with van der Waals surface area (Å²) in [4.78, 5) is 1.33. The van der Waals surface area contributed by atoms with Gasteiger partial charge < -0.3 is 0 Å². The molecule has 3 atom stereocenters. The summed E-state index contributed by atoms with van der Waals surface area (Å²) in [5.41, 5.74) is -5.37. The van der Waals surface area contributed by atoms with Crippen LogP contribution in [0, 0.1) is 22.7 Å². The second-order valence-corrected chi connectivity index (χ2v) is 8.40. The zero-order valence-electron chi connectivity index (χ0n) is 16.2. The number of rotatable bonds is 2. The fraction of sp³-hybridized carbons (Fsp3) is 0.550. The van der Waals surface area contributed by atoms with Crippen molar-refractivity contribution in [3.05, 3.63) is 46.1 Å². The molecule has 3 unspecified atom stereocenters. The molecule has 176 valence electrons. The van der Waals surface area contributed by atoms with E-state index in [1.807, 2.05) is 6.07 Å². The molecule has 1 saturated heterocycles. The maximum Gasteiger partial charge on any atom is 0.416 e. The van der Waals surface area contributed by atoms with Crippen molar-refractivity contribution in [2.75, 3.05) is 13.1 Å². The molecule has 3 rings (SSSR count). The van der Waals surface area contributed by atoms with Gasteiger partial charge in [-0.3, -0.25) is 4.90 Å². The van der Waals surface area contributed by atoms with Crippen LogP contribution in [0.5, 0.6) is 0 Å². The Kier molecular flexibility index (Phi) is 6.28. The molecule has 0 aromatic heterocycles. The van der Waals surface area contributed by atoms with Crippen LogP contribution in [0.1, 0.15) is 19.3 Å². The zero-order valence-corrected chi connectivity index (χ0v) is 16.9. The first-order chi connectivity index (χ1) is 14.6. The maximum absolute atomic E-state index is 14.2. The van der Waals surface area contributed by atoms with Crippen molar-refractivity contribution in [3.8, 4) is 6.07 Å². The van der Waals surface area contributed by atoms with E-state index in [1.54, 1.807) is 0 Å². The standard InChI is InChI=1S/C20H16ClF9N2/c21-16-8-15(2-1-11(16)9-31)32-4-3-17(10-32,20(28,29)30)12-5-13(18(22,23)24)7-14(6-12)19(25,26)27/h1,5,7-8,14-15H,2-4,6,10H2. The van der Waals surface area contributed by atoms with Crippen LogP contribution in [-0.4, -0.2) is 42.6 Å². The van der Waals surface area contributed by atoms with E-state index in [0.29, 0.717) is 0 Å². The third-order valence-electron chi connectivity index (χ3n) is 6.10. The van der Waals surface area contributed by atoms with E-state index in [0.717, 1.165) is 0 Å². The van der Waals surface area contributed by atoms with Gasteiger partial charge >= 0.3 is 18.5 Å². The molecule has 12 heteroatoms. The lowest BCUT2D eigenvalue weighted by atomic mass is 9.71. The van der Waals surface area contributed by atoms with Crippen LogP contribution >= 0.6 is 11.6 Å². The van der Waals surface area contributed by atoms with Crippen LogP contribution in [0.4, 0.5) is 39.5 Å². The molecule has 3 aliphatic rings. The molecule has 32 heavy (non-hydrogen) atoms. The van der Waals surface area contributed by atoms with Crippen molar-refractivity contribution in [2.24, 2.45) is 11.3 Å². The lowest BCUT2D eigenvalue weighted by molar-refractivity contribution is -0.210. The summed E-state index contributed by atoms with van der Waals surface area (Å²) < 4.78 is 122. The Morgan fingerprint density at radius 1 is 1.06 bits per heavy atom. The summed E-state index contributed by atoms with van der Waals surface area (Å²) in [6, 6.07) is 1.17. The Morgan fingerprint density at radius 2 is 1.72 bits per heavy atom. The van der Waals surface area contributed by atoms with Crippen molar-refractivity contribution in [1.82, 2.24) is 4.90 Å². The van der Waals surface area contributed by atoms with Crippen LogP contribution in [-0.2, 0) is 0 Å².